The van der Waals surface area contributed by atoms with Crippen molar-refractivity contribution in [2.75, 3.05) is 5.75 Å². The van der Waals surface area contributed by atoms with E-state index in [9.17, 15) is 8.76 Å². The van der Waals surface area contributed by atoms with Gasteiger partial charge >= 0.3 is 0 Å². The van der Waals surface area contributed by atoms with Gasteiger partial charge in [-0.05, 0) is 30.7 Å². The van der Waals surface area contributed by atoms with Crippen molar-refractivity contribution in [3.05, 3.63) is 35.0 Å². The molecule has 0 aliphatic heterocycles. The Morgan fingerprint density at radius 2 is 2.11 bits per heavy atom. The second-order valence-corrected chi connectivity index (χ2v) is 5.70. The van der Waals surface area contributed by atoms with Crippen LogP contribution in [0.4, 0.5) is 0 Å². The van der Waals surface area contributed by atoms with E-state index in [2.05, 4.69) is 0 Å². The maximum absolute atomic E-state index is 10.5. The number of alkyl halides is 1. The van der Waals surface area contributed by atoms with Crippen molar-refractivity contribution in [2.45, 2.75) is 18.8 Å². The minimum Gasteiger partial charge on any atom is -0.772 e. The van der Waals surface area contributed by atoms with Crippen LogP contribution in [-0.4, -0.2) is 19.1 Å². The van der Waals surface area contributed by atoms with Crippen LogP contribution in [0.3, 0.4) is 0 Å². The molecule has 0 spiro atoms. The second-order valence-electron chi connectivity index (χ2n) is 3.99. The minimum absolute atomic E-state index is 0.162. The van der Waals surface area contributed by atoms with Crippen molar-refractivity contribution < 1.29 is 8.76 Å². The maximum Gasteiger partial charge on any atom is 0.0627 e. The number of fused-ring (bicyclic) bond motifs is 1. The molecule has 0 aliphatic rings. The molecule has 1 aromatic carbocycles. The third-order valence-electron chi connectivity index (χ3n) is 2.78. The molecule has 2 aromatic rings. The van der Waals surface area contributed by atoms with Crippen molar-refractivity contribution in [3.63, 3.8) is 0 Å². The Balaban J connectivity index is 2.31. The first kappa shape index (κ1) is 13.9. The summed E-state index contributed by atoms with van der Waals surface area (Å²) in [5.74, 6) is 0.557. The Hall–Kier alpha value is -0.550. The average Bonchev–Trinajstić information content (AvgIpc) is 2.66. The first-order valence-electron chi connectivity index (χ1n) is 5.51. The zero-order chi connectivity index (χ0) is 13.1. The Bertz CT molecular complexity index is 583. The second kappa shape index (κ2) is 6.06. The number of nitrogens with zero attached hydrogens (tertiary/aromatic N) is 1. The monoisotopic (exact) mass is 304 g/mol. The molecule has 3 nitrogen and oxygen atoms in total. The Morgan fingerprint density at radius 3 is 2.78 bits per heavy atom. The molecule has 0 N–H and O–H groups in total. The van der Waals surface area contributed by atoms with Gasteiger partial charge in [0.1, 0.15) is 0 Å². The minimum atomic E-state index is -1.99. The fourth-order valence-corrected chi connectivity index (χ4v) is 2.78. The summed E-state index contributed by atoms with van der Waals surface area (Å²) >= 11 is 9.86. The van der Waals surface area contributed by atoms with E-state index in [0.29, 0.717) is 23.9 Å². The Labute approximate surface area is 118 Å². The van der Waals surface area contributed by atoms with Crippen LogP contribution in [-0.2, 0) is 23.5 Å². The van der Waals surface area contributed by atoms with E-state index in [-0.39, 0.29) is 5.75 Å². The summed E-state index contributed by atoms with van der Waals surface area (Å²) < 4.78 is 23.1. The molecule has 0 aliphatic carbocycles. The van der Waals surface area contributed by atoms with Crippen molar-refractivity contribution in [1.82, 2.24) is 4.57 Å². The van der Waals surface area contributed by atoms with Gasteiger partial charge in [0.05, 0.1) is 5.88 Å². The molecule has 0 bridgehead atoms. The molecule has 0 saturated heterocycles. The average molecular weight is 305 g/mol. The van der Waals surface area contributed by atoms with Crippen molar-refractivity contribution in [3.8, 4) is 0 Å². The van der Waals surface area contributed by atoms with Gasteiger partial charge in [0.2, 0.25) is 0 Å². The van der Waals surface area contributed by atoms with Crippen molar-refractivity contribution >= 4 is 45.2 Å². The van der Waals surface area contributed by atoms with Gasteiger partial charge in [-0.1, -0.05) is 22.7 Å². The topological polar surface area (TPSA) is 45.1 Å². The van der Waals surface area contributed by atoms with Gasteiger partial charge in [-0.15, -0.1) is 11.6 Å². The molecular weight excluding hydrogens is 293 g/mol. The summed E-state index contributed by atoms with van der Waals surface area (Å²) in [5, 5.41) is 1.71. The van der Waals surface area contributed by atoms with Gasteiger partial charge in [0.25, 0.3) is 0 Å². The van der Waals surface area contributed by atoms with Crippen molar-refractivity contribution in [1.29, 1.82) is 0 Å². The molecular formula is C12H12Cl2NO2S-. The predicted octanol–water partition coefficient (Wildman–Crippen LogP) is 3.30. The highest BCUT2D eigenvalue weighted by molar-refractivity contribution is 7.79. The van der Waals surface area contributed by atoms with Gasteiger partial charge in [-0.25, -0.2) is 0 Å². The lowest BCUT2D eigenvalue weighted by atomic mass is 10.2. The SMILES string of the molecule is O=S([O-])CCCn1c(CCl)cc2cc(Cl)ccc21. The standard InChI is InChI=1S/C12H13Cl2NO2S/c13-8-11-7-9-6-10(14)2-3-12(9)15(11)4-1-5-18(16)17/h2-3,6-7H,1,4-5,8H2,(H,16,17)/p-1. The van der Waals surface area contributed by atoms with Crippen LogP contribution >= 0.6 is 23.2 Å². The zero-order valence-electron chi connectivity index (χ0n) is 9.57. The molecule has 1 heterocycles. The molecule has 0 saturated carbocycles. The molecule has 1 atom stereocenters. The number of rotatable bonds is 5. The quantitative estimate of drug-likeness (QED) is 0.628. The first-order valence-corrected chi connectivity index (χ1v) is 7.67. The number of hydrogen-bond acceptors (Lipinski definition) is 2. The van der Waals surface area contributed by atoms with Gasteiger partial charge in [0, 0.05) is 33.9 Å². The first-order chi connectivity index (χ1) is 8.61. The van der Waals surface area contributed by atoms with Gasteiger partial charge in [-0.2, -0.15) is 0 Å². The highest BCUT2D eigenvalue weighted by atomic mass is 35.5. The molecule has 98 valence electrons. The van der Waals surface area contributed by atoms with E-state index >= 15 is 0 Å². The third kappa shape index (κ3) is 3.06. The van der Waals surface area contributed by atoms with Crippen LogP contribution in [0, 0.1) is 0 Å². The highest BCUT2D eigenvalue weighted by Gasteiger charge is 2.08. The lowest BCUT2D eigenvalue weighted by Gasteiger charge is -2.10. The summed E-state index contributed by atoms with van der Waals surface area (Å²) in [7, 11) is 0. The number of aryl methyl sites for hydroxylation is 1. The Kier molecular flexibility index (Phi) is 4.67. The van der Waals surface area contributed by atoms with Crippen LogP contribution in [0.15, 0.2) is 24.3 Å². The van der Waals surface area contributed by atoms with Crippen molar-refractivity contribution in [2.24, 2.45) is 0 Å². The van der Waals surface area contributed by atoms with E-state index < -0.39 is 11.1 Å². The molecule has 1 aromatic heterocycles. The predicted molar refractivity (Wildman–Crippen MR) is 74.9 cm³/mol. The van der Waals surface area contributed by atoms with E-state index in [0.717, 1.165) is 16.6 Å². The van der Waals surface area contributed by atoms with Crippen LogP contribution < -0.4 is 0 Å². The van der Waals surface area contributed by atoms with Gasteiger partial charge < -0.3 is 9.12 Å². The van der Waals surface area contributed by atoms with E-state index in [1.165, 1.54) is 0 Å². The normalized spacial score (nSPS) is 13.1. The summed E-state index contributed by atoms with van der Waals surface area (Å²) in [6.45, 7) is 0.640. The number of aromatic nitrogens is 1. The molecule has 1 unspecified atom stereocenters. The lowest BCUT2D eigenvalue weighted by Crippen LogP contribution is -2.05. The number of hydrogen-bond donors (Lipinski definition) is 0. The fraction of sp³-hybridized carbons (Fsp3) is 0.333. The van der Waals surface area contributed by atoms with Crippen LogP contribution in [0.2, 0.25) is 5.02 Å². The van der Waals surface area contributed by atoms with Gasteiger partial charge in [-0.3, -0.25) is 4.21 Å². The third-order valence-corrected chi connectivity index (χ3v) is 3.91. The van der Waals surface area contributed by atoms with E-state index in [1.54, 1.807) is 0 Å². The molecule has 0 amide bonds. The Morgan fingerprint density at radius 1 is 1.33 bits per heavy atom. The summed E-state index contributed by atoms with van der Waals surface area (Å²) in [6.07, 6.45) is 0.576. The molecule has 18 heavy (non-hydrogen) atoms. The summed E-state index contributed by atoms with van der Waals surface area (Å²) in [6, 6.07) is 7.63. The number of halogens is 2. The zero-order valence-corrected chi connectivity index (χ0v) is 11.9. The summed E-state index contributed by atoms with van der Waals surface area (Å²) in [4.78, 5) is 0. The van der Waals surface area contributed by atoms with Crippen LogP contribution in [0.1, 0.15) is 12.1 Å². The smallest absolute Gasteiger partial charge is 0.0627 e. The van der Waals surface area contributed by atoms with E-state index in [4.69, 9.17) is 23.2 Å². The van der Waals surface area contributed by atoms with Gasteiger partial charge in [0.15, 0.2) is 0 Å². The maximum atomic E-state index is 10.5. The lowest BCUT2D eigenvalue weighted by molar-refractivity contribution is 0.531. The molecule has 6 heteroatoms. The molecule has 0 fully saturated rings. The number of benzene rings is 1. The van der Waals surface area contributed by atoms with E-state index in [1.807, 2.05) is 28.8 Å². The van der Waals surface area contributed by atoms with Crippen LogP contribution in [0.5, 0.6) is 0 Å². The molecule has 0 radical (unpaired) electrons. The highest BCUT2D eigenvalue weighted by Crippen LogP contribution is 2.24. The largest absolute Gasteiger partial charge is 0.772 e. The van der Waals surface area contributed by atoms with Crippen LogP contribution in [0.25, 0.3) is 10.9 Å². The molecule has 2 rings (SSSR count). The summed E-state index contributed by atoms with van der Waals surface area (Å²) in [5.41, 5.74) is 2.01. The fourth-order valence-electron chi connectivity index (χ4n) is 2.01.